The summed E-state index contributed by atoms with van der Waals surface area (Å²) in [5.41, 5.74) is 1.79. The van der Waals surface area contributed by atoms with Crippen molar-refractivity contribution in [1.29, 1.82) is 0 Å². The predicted octanol–water partition coefficient (Wildman–Crippen LogP) is 5.26. The van der Waals surface area contributed by atoms with Crippen LogP contribution in [-0.4, -0.2) is 41.3 Å². The number of nitrogens with zero attached hydrogens (tertiary/aromatic N) is 2. The Morgan fingerprint density at radius 3 is 2.38 bits per heavy atom. The van der Waals surface area contributed by atoms with Gasteiger partial charge in [-0.15, -0.1) is 0 Å². The highest BCUT2D eigenvalue weighted by molar-refractivity contribution is 6.00. The normalized spacial score (nSPS) is 19.1. The molecule has 2 amide bonds. The number of halogens is 2. The molecule has 8 heteroatoms. The first kappa shape index (κ1) is 25.0. The van der Waals surface area contributed by atoms with Crippen molar-refractivity contribution in [2.45, 2.75) is 50.1 Å². The predicted molar refractivity (Wildman–Crippen MR) is 138 cm³/mol. The van der Waals surface area contributed by atoms with Crippen molar-refractivity contribution < 1.29 is 18.4 Å². The molecule has 5 rings (SSSR count). The van der Waals surface area contributed by atoms with E-state index in [1.807, 2.05) is 31.3 Å². The minimum absolute atomic E-state index is 0.000461. The van der Waals surface area contributed by atoms with E-state index in [4.69, 9.17) is 0 Å². The maximum Gasteiger partial charge on any atom is 0.254 e. The third-order valence-electron chi connectivity index (χ3n) is 7.53. The molecule has 1 atom stereocenters. The topological polar surface area (TPSA) is 74.3 Å². The molecule has 1 aromatic heterocycles. The zero-order valence-corrected chi connectivity index (χ0v) is 20.8. The van der Waals surface area contributed by atoms with Crippen LogP contribution < -0.4 is 10.6 Å². The average Bonchev–Trinajstić information content (AvgIpc) is 2.86. The lowest BCUT2D eigenvalue weighted by Crippen LogP contribution is -2.50. The highest BCUT2D eigenvalue weighted by Crippen LogP contribution is 2.42. The summed E-state index contributed by atoms with van der Waals surface area (Å²) in [4.78, 5) is 32.5. The van der Waals surface area contributed by atoms with E-state index in [9.17, 15) is 18.4 Å². The van der Waals surface area contributed by atoms with Crippen molar-refractivity contribution in [3.8, 4) is 11.3 Å². The van der Waals surface area contributed by atoms with Crippen LogP contribution in [-0.2, 0) is 10.3 Å². The molecule has 1 aliphatic heterocycles. The van der Waals surface area contributed by atoms with Crippen LogP contribution in [0.4, 0.5) is 14.5 Å². The van der Waals surface area contributed by atoms with E-state index in [-0.39, 0.29) is 34.7 Å². The number of hydrogen-bond acceptors (Lipinski definition) is 4. The van der Waals surface area contributed by atoms with Gasteiger partial charge in [0.1, 0.15) is 11.6 Å². The van der Waals surface area contributed by atoms with Crippen LogP contribution in [0.3, 0.4) is 0 Å². The first-order valence-corrected chi connectivity index (χ1v) is 12.7. The van der Waals surface area contributed by atoms with E-state index in [1.165, 1.54) is 18.3 Å². The number of benzene rings is 2. The molecular formula is C29H30F2N4O2. The summed E-state index contributed by atoms with van der Waals surface area (Å²) < 4.78 is 27.7. The highest BCUT2D eigenvalue weighted by Gasteiger charge is 2.40. The van der Waals surface area contributed by atoms with Gasteiger partial charge in [0.25, 0.3) is 5.91 Å². The fourth-order valence-corrected chi connectivity index (χ4v) is 5.31. The molecule has 1 saturated heterocycles. The van der Waals surface area contributed by atoms with Gasteiger partial charge in [-0.1, -0.05) is 18.6 Å². The lowest BCUT2D eigenvalue weighted by atomic mass is 9.71. The largest absolute Gasteiger partial charge is 0.342 e. The minimum atomic E-state index is -0.732. The number of aromatic nitrogens is 1. The quantitative estimate of drug-likeness (QED) is 0.480. The number of hydrogen-bond donors (Lipinski definition) is 2. The van der Waals surface area contributed by atoms with Gasteiger partial charge in [0.2, 0.25) is 5.91 Å². The lowest BCUT2D eigenvalue weighted by Gasteiger charge is -2.43. The van der Waals surface area contributed by atoms with Crippen LogP contribution in [0.5, 0.6) is 0 Å². The molecular weight excluding hydrogens is 474 g/mol. The van der Waals surface area contributed by atoms with Gasteiger partial charge in [-0.25, -0.2) is 8.78 Å². The Hall–Kier alpha value is -3.65. The number of nitrogens with one attached hydrogen (secondary N) is 2. The number of pyridine rings is 1. The molecule has 2 N–H and O–H groups in total. The van der Waals surface area contributed by atoms with Gasteiger partial charge in [0, 0.05) is 23.5 Å². The molecule has 1 aliphatic carbocycles. The third kappa shape index (κ3) is 5.25. The van der Waals surface area contributed by atoms with Gasteiger partial charge in [-0.05, 0) is 87.7 Å². The van der Waals surface area contributed by atoms with Crippen LogP contribution in [0.1, 0.15) is 54.4 Å². The summed E-state index contributed by atoms with van der Waals surface area (Å²) >= 11 is 0. The second-order valence-electron chi connectivity index (χ2n) is 10.0. The fourth-order valence-electron chi connectivity index (χ4n) is 5.31. The zero-order valence-electron chi connectivity index (χ0n) is 20.8. The summed E-state index contributed by atoms with van der Waals surface area (Å²) in [5.74, 6) is -1.82. The van der Waals surface area contributed by atoms with Crippen LogP contribution >= 0.6 is 0 Å². The van der Waals surface area contributed by atoms with E-state index in [0.717, 1.165) is 62.4 Å². The number of likely N-dealkylation sites (tertiary alicyclic amines) is 1. The lowest BCUT2D eigenvalue weighted by molar-refractivity contribution is -0.121. The van der Waals surface area contributed by atoms with Crippen molar-refractivity contribution in [2.75, 3.05) is 18.9 Å². The fraction of sp³-hybridized carbons (Fsp3) is 0.345. The van der Waals surface area contributed by atoms with Gasteiger partial charge < -0.3 is 10.6 Å². The number of amides is 2. The molecule has 0 radical (unpaired) electrons. The van der Waals surface area contributed by atoms with E-state index < -0.39 is 17.2 Å². The smallest absolute Gasteiger partial charge is 0.254 e. The molecule has 1 saturated carbocycles. The van der Waals surface area contributed by atoms with Crippen LogP contribution in [0, 0.1) is 11.6 Å². The number of likely N-dealkylation sites (N-methyl/N-ethyl adjacent to an activating group) is 1. The summed E-state index contributed by atoms with van der Waals surface area (Å²) in [5, 5.41) is 6.18. The highest BCUT2D eigenvalue weighted by atomic mass is 19.1. The molecule has 2 aromatic carbocycles. The number of carbonyl (C=O) groups is 2. The van der Waals surface area contributed by atoms with E-state index in [2.05, 4.69) is 20.5 Å². The molecule has 6 nitrogen and oxygen atoms in total. The second-order valence-corrected chi connectivity index (χ2v) is 10.0. The zero-order chi connectivity index (χ0) is 26.0. The van der Waals surface area contributed by atoms with Crippen molar-refractivity contribution >= 4 is 17.5 Å². The van der Waals surface area contributed by atoms with Crippen LogP contribution in [0.15, 0.2) is 60.8 Å². The first-order chi connectivity index (χ1) is 17.8. The maximum atomic E-state index is 13.8. The van der Waals surface area contributed by atoms with Crippen LogP contribution in [0.2, 0.25) is 0 Å². The molecule has 2 fully saturated rings. The molecule has 0 bridgehead atoms. The number of carbonyl (C=O) groups excluding carboxylic acids is 2. The Labute approximate surface area is 215 Å². The van der Waals surface area contributed by atoms with Gasteiger partial charge in [-0.3, -0.25) is 19.5 Å². The van der Waals surface area contributed by atoms with Crippen molar-refractivity contribution in [3.63, 3.8) is 0 Å². The standard InChI is InChI=1S/C29H30F2N4O2/c1-35-15-3-2-7-25(35)28(37)33-23-10-8-20(9-11-23)29(12-5-13-29)34-27(36)24-6-4-14-32-26(24)19-16-21(30)18-22(31)17-19/h4,6,8-11,14,16-18,25H,2-3,5,7,12-13,15H2,1H3,(H,33,37)(H,34,36)/t25-/m1/s1. The van der Waals surface area contributed by atoms with E-state index >= 15 is 0 Å². The second kappa shape index (κ2) is 10.4. The minimum Gasteiger partial charge on any atom is -0.342 e. The molecule has 2 heterocycles. The van der Waals surface area contributed by atoms with Crippen LogP contribution in [0.25, 0.3) is 11.3 Å². The SMILES string of the molecule is CN1CCCC[C@@H]1C(=O)Nc1ccc(C2(NC(=O)c3cccnc3-c3cc(F)cc(F)c3)CCC2)cc1. The van der Waals surface area contributed by atoms with Gasteiger partial charge in [0.15, 0.2) is 0 Å². The Kier molecular flexibility index (Phi) is 7.02. The number of anilines is 1. The summed E-state index contributed by atoms with van der Waals surface area (Å²) in [6, 6.07) is 13.8. The van der Waals surface area contributed by atoms with Crippen molar-refractivity contribution in [2.24, 2.45) is 0 Å². The molecule has 0 unspecified atom stereocenters. The van der Waals surface area contributed by atoms with Crippen molar-refractivity contribution in [3.05, 3.63) is 83.6 Å². The average molecular weight is 505 g/mol. The van der Waals surface area contributed by atoms with Gasteiger partial charge in [0.05, 0.1) is 22.8 Å². The third-order valence-corrected chi connectivity index (χ3v) is 7.53. The van der Waals surface area contributed by atoms with E-state index in [1.54, 1.807) is 12.1 Å². The summed E-state index contributed by atoms with van der Waals surface area (Å²) in [6.07, 6.45) is 7.00. The van der Waals surface area contributed by atoms with Gasteiger partial charge >= 0.3 is 0 Å². The molecule has 2 aliphatic rings. The Balaban J connectivity index is 1.33. The Morgan fingerprint density at radius 1 is 1.00 bits per heavy atom. The first-order valence-electron chi connectivity index (χ1n) is 12.7. The maximum absolute atomic E-state index is 13.8. The molecule has 3 aromatic rings. The summed E-state index contributed by atoms with van der Waals surface area (Å²) in [7, 11) is 1.98. The number of rotatable bonds is 6. The van der Waals surface area contributed by atoms with E-state index in [0.29, 0.717) is 0 Å². The Morgan fingerprint density at radius 2 is 1.73 bits per heavy atom. The Bertz CT molecular complexity index is 1290. The molecule has 0 spiro atoms. The summed E-state index contributed by atoms with van der Waals surface area (Å²) in [6.45, 7) is 0.923. The molecule has 37 heavy (non-hydrogen) atoms. The monoisotopic (exact) mass is 504 g/mol. The van der Waals surface area contributed by atoms with Crippen molar-refractivity contribution in [1.82, 2.24) is 15.2 Å². The van der Waals surface area contributed by atoms with Gasteiger partial charge in [-0.2, -0.15) is 0 Å². The number of piperidine rings is 1. The molecule has 192 valence electrons.